The monoisotopic (exact) mass is 322 g/mol. The van der Waals surface area contributed by atoms with Gasteiger partial charge in [0.15, 0.2) is 5.58 Å². The number of benzene rings is 2. The SMILES string of the molecule is O=C(O)c1cc(Cl)cc2nc(Nc3ccc(Cl)cc3)oc12. The van der Waals surface area contributed by atoms with Gasteiger partial charge in [-0.05, 0) is 36.4 Å². The van der Waals surface area contributed by atoms with E-state index in [1.807, 2.05) is 0 Å². The average Bonchev–Trinajstić information content (AvgIpc) is 2.82. The van der Waals surface area contributed by atoms with Gasteiger partial charge in [0.25, 0.3) is 6.01 Å². The highest BCUT2D eigenvalue weighted by atomic mass is 35.5. The van der Waals surface area contributed by atoms with Crippen LogP contribution in [0.1, 0.15) is 10.4 Å². The van der Waals surface area contributed by atoms with E-state index in [-0.39, 0.29) is 22.2 Å². The summed E-state index contributed by atoms with van der Waals surface area (Å²) in [6.45, 7) is 0. The number of nitrogens with one attached hydrogen (secondary N) is 1. The zero-order valence-electron chi connectivity index (χ0n) is 10.4. The molecule has 5 nitrogen and oxygen atoms in total. The van der Waals surface area contributed by atoms with Gasteiger partial charge in [-0.15, -0.1) is 0 Å². The Kier molecular flexibility index (Phi) is 3.45. The van der Waals surface area contributed by atoms with Gasteiger partial charge < -0.3 is 14.8 Å². The molecule has 0 fully saturated rings. The summed E-state index contributed by atoms with van der Waals surface area (Å²) in [6, 6.07) is 9.98. The molecule has 0 atom stereocenters. The lowest BCUT2D eigenvalue weighted by molar-refractivity contribution is 0.0698. The highest BCUT2D eigenvalue weighted by Crippen LogP contribution is 2.28. The summed E-state index contributed by atoms with van der Waals surface area (Å²) in [7, 11) is 0. The van der Waals surface area contributed by atoms with Crippen molar-refractivity contribution in [3.8, 4) is 0 Å². The fourth-order valence-corrected chi connectivity index (χ4v) is 2.21. The topological polar surface area (TPSA) is 75.4 Å². The Bertz CT molecular complexity index is 828. The molecule has 7 heteroatoms. The van der Waals surface area contributed by atoms with Crippen LogP contribution >= 0.6 is 23.2 Å². The predicted molar refractivity (Wildman–Crippen MR) is 80.7 cm³/mol. The van der Waals surface area contributed by atoms with Gasteiger partial charge >= 0.3 is 5.97 Å². The van der Waals surface area contributed by atoms with Crippen molar-refractivity contribution < 1.29 is 14.3 Å². The van der Waals surface area contributed by atoms with E-state index >= 15 is 0 Å². The minimum absolute atomic E-state index is 0.0332. The Morgan fingerprint density at radius 2 is 1.86 bits per heavy atom. The molecular formula is C14H8Cl2N2O3. The maximum absolute atomic E-state index is 11.2. The lowest BCUT2D eigenvalue weighted by Gasteiger charge is -2.00. The fourth-order valence-electron chi connectivity index (χ4n) is 1.87. The molecule has 0 amide bonds. The van der Waals surface area contributed by atoms with Crippen LogP contribution in [0.2, 0.25) is 10.0 Å². The molecule has 2 N–H and O–H groups in total. The molecule has 3 aromatic rings. The van der Waals surface area contributed by atoms with E-state index in [1.54, 1.807) is 30.3 Å². The largest absolute Gasteiger partial charge is 0.478 e. The highest BCUT2D eigenvalue weighted by molar-refractivity contribution is 6.32. The van der Waals surface area contributed by atoms with E-state index in [0.29, 0.717) is 16.2 Å². The first-order chi connectivity index (χ1) is 10.0. The van der Waals surface area contributed by atoms with Crippen molar-refractivity contribution in [1.29, 1.82) is 0 Å². The van der Waals surface area contributed by atoms with Gasteiger partial charge in [0.05, 0.1) is 0 Å². The number of anilines is 2. The third-order valence-corrected chi connectivity index (χ3v) is 3.25. The molecule has 1 aromatic heterocycles. The Balaban J connectivity index is 2.02. The number of halogens is 2. The van der Waals surface area contributed by atoms with Crippen LogP contribution in [0, 0.1) is 0 Å². The van der Waals surface area contributed by atoms with E-state index in [4.69, 9.17) is 32.7 Å². The lowest BCUT2D eigenvalue weighted by atomic mass is 10.2. The van der Waals surface area contributed by atoms with Crippen LogP contribution in [0.3, 0.4) is 0 Å². The molecule has 1 heterocycles. The van der Waals surface area contributed by atoms with E-state index in [0.717, 1.165) is 0 Å². The maximum Gasteiger partial charge on any atom is 0.339 e. The van der Waals surface area contributed by atoms with Gasteiger partial charge in [0.1, 0.15) is 11.1 Å². The van der Waals surface area contributed by atoms with Crippen molar-refractivity contribution in [2.45, 2.75) is 0 Å². The van der Waals surface area contributed by atoms with Crippen LogP contribution in [0.5, 0.6) is 0 Å². The van der Waals surface area contributed by atoms with Gasteiger partial charge in [-0.2, -0.15) is 4.98 Å². The fraction of sp³-hybridized carbons (Fsp3) is 0. The number of carboxylic acid groups (broad SMARTS) is 1. The summed E-state index contributed by atoms with van der Waals surface area (Å²) < 4.78 is 5.45. The van der Waals surface area contributed by atoms with Gasteiger partial charge in [-0.25, -0.2) is 4.79 Å². The van der Waals surface area contributed by atoms with Crippen molar-refractivity contribution in [3.05, 3.63) is 52.0 Å². The Morgan fingerprint density at radius 1 is 1.14 bits per heavy atom. The molecule has 106 valence electrons. The van der Waals surface area contributed by atoms with E-state index in [1.165, 1.54) is 6.07 Å². The average molecular weight is 323 g/mol. The first kappa shape index (κ1) is 13.7. The third kappa shape index (κ3) is 2.79. The van der Waals surface area contributed by atoms with Gasteiger partial charge in [-0.1, -0.05) is 23.2 Å². The summed E-state index contributed by atoms with van der Waals surface area (Å²) in [5.41, 5.74) is 1.22. The zero-order chi connectivity index (χ0) is 15.0. The van der Waals surface area contributed by atoms with Gasteiger partial charge in [-0.3, -0.25) is 0 Å². The van der Waals surface area contributed by atoms with Crippen LogP contribution in [0.4, 0.5) is 11.7 Å². The second-order valence-electron chi connectivity index (χ2n) is 4.26. The first-order valence-corrected chi connectivity index (χ1v) is 6.64. The van der Waals surface area contributed by atoms with Crippen LogP contribution in [-0.2, 0) is 0 Å². The number of rotatable bonds is 3. The second-order valence-corrected chi connectivity index (χ2v) is 5.13. The normalized spacial score (nSPS) is 10.8. The molecule has 0 aliphatic carbocycles. The first-order valence-electron chi connectivity index (χ1n) is 5.89. The highest BCUT2D eigenvalue weighted by Gasteiger charge is 2.16. The molecule has 0 radical (unpaired) electrons. The van der Waals surface area contributed by atoms with E-state index in [9.17, 15) is 4.79 Å². The molecule has 2 aromatic carbocycles. The predicted octanol–water partition coefficient (Wildman–Crippen LogP) is 4.58. The molecule has 0 unspecified atom stereocenters. The zero-order valence-corrected chi connectivity index (χ0v) is 11.9. The summed E-state index contributed by atoms with van der Waals surface area (Å²) in [5, 5.41) is 13.0. The van der Waals surface area contributed by atoms with Crippen molar-refractivity contribution in [2.75, 3.05) is 5.32 Å². The molecule has 0 aliphatic heterocycles. The Morgan fingerprint density at radius 3 is 2.52 bits per heavy atom. The van der Waals surface area contributed by atoms with Crippen molar-refractivity contribution in [3.63, 3.8) is 0 Å². The molecule has 0 saturated heterocycles. The number of fused-ring (bicyclic) bond motifs is 1. The van der Waals surface area contributed by atoms with Crippen molar-refractivity contribution >= 4 is 52.0 Å². The smallest absolute Gasteiger partial charge is 0.339 e. The number of nitrogens with zero attached hydrogens (tertiary/aromatic N) is 1. The summed E-state index contributed by atoms with van der Waals surface area (Å²) >= 11 is 11.7. The van der Waals surface area contributed by atoms with Crippen molar-refractivity contribution in [1.82, 2.24) is 4.98 Å². The van der Waals surface area contributed by atoms with Crippen LogP contribution in [0.15, 0.2) is 40.8 Å². The molecular weight excluding hydrogens is 315 g/mol. The van der Waals surface area contributed by atoms with E-state index in [2.05, 4.69) is 10.3 Å². The van der Waals surface area contributed by atoms with Gasteiger partial charge in [0, 0.05) is 15.7 Å². The van der Waals surface area contributed by atoms with Crippen LogP contribution < -0.4 is 5.32 Å². The van der Waals surface area contributed by atoms with Gasteiger partial charge in [0.2, 0.25) is 0 Å². The number of hydrogen-bond acceptors (Lipinski definition) is 4. The number of carboxylic acids is 1. The molecule has 0 aliphatic rings. The summed E-state index contributed by atoms with van der Waals surface area (Å²) in [6.07, 6.45) is 0. The third-order valence-electron chi connectivity index (χ3n) is 2.78. The maximum atomic E-state index is 11.2. The Labute approximate surface area is 129 Å². The van der Waals surface area contributed by atoms with Crippen LogP contribution in [-0.4, -0.2) is 16.1 Å². The minimum atomic E-state index is -1.13. The Hall–Kier alpha value is -2.24. The number of aromatic carboxylic acids is 1. The number of aromatic nitrogens is 1. The molecule has 3 rings (SSSR count). The number of oxazole rings is 1. The summed E-state index contributed by atoms with van der Waals surface area (Å²) in [5.74, 6) is -1.13. The minimum Gasteiger partial charge on any atom is -0.478 e. The van der Waals surface area contributed by atoms with Crippen LogP contribution in [0.25, 0.3) is 11.1 Å². The van der Waals surface area contributed by atoms with Crippen molar-refractivity contribution in [2.24, 2.45) is 0 Å². The molecule has 0 bridgehead atoms. The molecule has 0 saturated carbocycles. The summed E-state index contributed by atoms with van der Waals surface area (Å²) in [4.78, 5) is 15.4. The molecule has 21 heavy (non-hydrogen) atoms. The standard InChI is InChI=1S/C14H8Cl2N2O3/c15-7-1-3-9(4-2-7)17-14-18-11-6-8(16)5-10(13(19)20)12(11)21-14/h1-6H,(H,17,18)(H,19,20). The molecule has 0 spiro atoms. The number of carbonyl (C=O) groups is 1. The number of hydrogen-bond donors (Lipinski definition) is 2. The second kappa shape index (κ2) is 5.27. The van der Waals surface area contributed by atoms with E-state index < -0.39 is 5.97 Å². The quantitative estimate of drug-likeness (QED) is 0.738. The lowest BCUT2D eigenvalue weighted by Crippen LogP contribution is -1.96.